The number of hydrogen-bond donors (Lipinski definition) is 2. The number of nitrogens with one attached hydrogen (secondary N) is 1. The maximum absolute atomic E-state index is 14.2. The Hall–Kier alpha value is -2.10. The van der Waals surface area contributed by atoms with Crippen LogP contribution < -0.4 is 5.32 Å². The zero-order valence-corrected chi connectivity index (χ0v) is 11.1. The van der Waals surface area contributed by atoms with Gasteiger partial charge in [0.25, 0.3) is 5.91 Å². The third-order valence-electron chi connectivity index (χ3n) is 3.20. The van der Waals surface area contributed by atoms with Crippen LogP contribution >= 0.6 is 0 Å². The third-order valence-corrected chi connectivity index (χ3v) is 3.20. The van der Waals surface area contributed by atoms with Gasteiger partial charge in [-0.1, -0.05) is 19.9 Å². The average Bonchev–Trinajstić information content (AvgIpc) is 2.38. The lowest BCUT2D eigenvalue weighted by Crippen LogP contribution is -2.19. The third kappa shape index (κ3) is 2.26. The first kappa shape index (κ1) is 13.3. The molecule has 1 amide bonds. The van der Waals surface area contributed by atoms with E-state index in [9.17, 15) is 14.3 Å². The molecular weight excluding hydrogens is 245 g/mol. The van der Waals surface area contributed by atoms with Crippen LogP contribution in [0.15, 0.2) is 24.3 Å². The fourth-order valence-electron chi connectivity index (χ4n) is 2.11. The number of rotatable bonds is 2. The smallest absolute Gasteiger partial charge is 0.254 e. The Labute approximate surface area is 111 Å². The summed E-state index contributed by atoms with van der Waals surface area (Å²) < 4.78 is 14.2. The molecule has 0 unspecified atom stereocenters. The van der Waals surface area contributed by atoms with Gasteiger partial charge in [0, 0.05) is 12.4 Å². The molecule has 0 aliphatic heterocycles. The second kappa shape index (κ2) is 4.88. The van der Waals surface area contributed by atoms with Gasteiger partial charge in [0.2, 0.25) is 0 Å². The van der Waals surface area contributed by atoms with Crippen LogP contribution in [0.3, 0.4) is 0 Å². The lowest BCUT2D eigenvalue weighted by molar-refractivity contribution is 0.0959. The van der Waals surface area contributed by atoms with Crippen LogP contribution in [0.2, 0.25) is 0 Å². The Kier molecular flexibility index (Phi) is 3.42. The van der Waals surface area contributed by atoms with Gasteiger partial charge in [-0.2, -0.15) is 0 Å². The van der Waals surface area contributed by atoms with Gasteiger partial charge in [-0.25, -0.2) is 4.39 Å². The van der Waals surface area contributed by atoms with Crippen molar-refractivity contribution in [2.75, 3.05) is 7.05 Å². The molecule has 0 saturated heterocycles. The molecule has 100 valence electrons. The summed E-state index contributed by atoms with van der Waals surface area (Å²) in [6.45, 7) is 3.91. The van der Waals surface area contributed by atoms with Gasteiger partial charge in [0.05, 0.1) is 5.56 Å². The quantitative estimate of drug-likeness (QED) is 0.872. The molecule has 0 bridgehead atoms. The molecule has 2 aromatic rings. The molecule has 0 radical (unpaired) electrons. The van der Waals surface area contributed by atoms with Gasteiger partial charge in [0.1, 0.15) is 11.6 Å². The van der Waals surface area contributed by atoms with Crippen molar-refractivity contribution < 1.29 is 14.3 Å². The molecule has 4 heteroatoms. The van der Waals surface area contributed by atoms with Crippen molar-refractivity contribution in [1.82, 2.24) is 5.32 Å². The molecule has 0 aliphatic rings. The van der Waals surface area contributed by atoms with Gasteiger partial charge in [-0.15, -0.1) is 0 Å². The molecule has 0 saturated carbocycles. The summed E-state index contributed by atoms with van der Waals surface area (Å²) in [6.07, 6.45) is 0. The number of hydrogen-bond acceptors (Lipinski definition) is 2. The van der Waals surface area contributed by atoms with Crippen molar-refractivity contribution in [3.05, 3.63) is 41.2 Å². The van der Waals surface area contributed by atoms with E-state index < -0.39 is 11.7 Å². The van der Waals surface area contributed by atoms with Gasteiger partial charge >= 0.3 is 0 Å². The molecule has 0 aromatic heterocycles. The van der Waals surface area contributed by atoms with Crippen molar-refractivity contribution >= 4 is 16.7 Å². The van der Waals surface area contributed by atoms with Crippen LogP contribution in [-0.4, -0.2) is 18.1 Å². The Balaban J connectivity index is 2.71. The van der Waals surface area contributed by atoms with Crippen molar-refractivity contribution in [1.29, 1.82) is 0 Å². The average molecular weight is 261 g/mol. The van der Waals surface area contributed by atoms with E-state index >= 15 is 0 Å². The molecule has 2 N–H and O–H groups in total. The fourth-order valence-corrected chi connectivity index (χ4v) is 2.11. The van der Waals surface area contributed by atoms with Crippen molar-refractivity contribution in [2.24, 2.45) is 0 Å². The first-order valence-corrected chi connectivity index (χ1v) is 6.13. The number of carbonyl (C=O) groups is 1. The SMILES string of the molecule is CNC(=O)c1ccc2cc(C(C)C)c(O)cc2c1F. The molecule has 2 aromatic carbocycles. The molecule has 0 spiro atoms. The number of phenols is 1. The minimum Gasteiger partial charge on any atom is -0.508 e. The van der Waals surface area contributed by atoms with Crippen molar-refractivity contribution in [3.8, 4) is 5.75 Å². The molecular formula is C15H16FNO2. The summed E-state index contributed by atoms with van der Waals surface area (Å²) in [5.41, 5.74) is 0.742. The van der Waals surface area contributed by atoms with Gasteiger partial charge in [-0.05, 0) is 35.1 Å². The zero-order valence-electron chi connectivity index (χ0n) is 11.1. The van der Waals surface area contributed by atoms with Crippen LogP contribution in [0.25, 0.3) is 10.8 Å². The normalized spacial score (nSPS) is 11.0. The highest BCUT2D eigenvalue weighted by molar-refractivity contribution is 5.99. The number of halogens is 1. The van der Waals surface area contributed by atoms with Crippen LogP contribution in [-0.2, 0) is 0 Å². The van der Waals surface area contributed by atoms with Crippen LogP contribution in [0.4, 0.5) is 4.39 Å². The van der Waals surface area contributed by atoms with E-state index in [0.29, 0.717) is 5.39 Å². The summed E-state index contributed by atoms with van der Waals surface area (Å²) >= 11 is 0. The second-order valence-electron chi connectivity index (χ2n) is 4.79. The zero-order chi connectivity index (χ0) is 14.2. The molecule has 0 atom stereocenters. The number of fused-ring (bicyclic) bond motifs is 1. The molecule has 0 fully saturated rings. The van der Waals surface area contributed by atoms with Gasteiger partial charge in [0.15, 0.2) is 0 Å². The number of benzene rings is 2. The van der Waals surface area contributed by atoms with Gasteiger partial charge < -0.3 is 10.4 Å². The predicted octanol–water partition coefficient (Wildman–Crippen LogP) is 3.17. The Morgan fingerprint density at radius 3 is 2.58 bits per heavy atom. The first-order valence-electron chi connectivity index (χ1n) is 6.13. The van der Waals surface area contributed by atoms with E-state index in [2.05, 4.69) is 5.32 Å². The lowest BCUT2D eigenvalue weighted by atomic mass is 9.96. The van der Waals surface area contributed by atoms with E-state index in [1.165, 1.54) is 19.2 Å². The molecule has 0 aliphatic carbocycles. The highest BCUT2D eigenvalue weighted by atomic mass is 19.1. The summed E-state index contributed by atoms with van der Waals surface area (Å²) in [5, 5.41) is 13.2. The summed E-state index contributed by atoms with van der Waals surface area (Å²) in [6, 6.07) is 6.28. The van der Waals surface area contributed by atoms with Gasteiger partial charge in [-0.3, -0.25) is 4.79 Å². The largest absolute Gasteiger partial charge is 0.508 e. The first-order chi connectivity index (χ1) is 8.95. The van der Waals surface area contributed by atoms with Crippen molar-refractivity contribution in [2.45, 2.75) is 19.8 Å². The topological polar surface area (TPSA) is 49.3 Å². The predicted molar refractivity (Wildman–Crippen MR) is 73.1 cm³/mol. The van der Waals surface area contributed by atoms with Crippen LogP contribution in [0, 0.1) is 5.82 Å². The van der Waals surface area contributed by atoms with E-state index in [1.54, 1.807) is 12.1 Å². The van der Waals surface area contributed by atoms with E-state index in [4.69, 9.17) is 0 Å². The number of amides is 1. The molecule has 19 heavy (non-hydrogen) atoms. The fraction of sp³-hybridized carbons (Fsp3) is 0.267. The van der Waals surface area contributed by atoms with E-state index in [1.807, 2.05) is 13.8 Å². The highest BCUT2D eigenvalue weighted by Gasteiger charge is 2.15. The summed E-state index contributed by atoms with van der Waals surface area (Å²) in [7, 11) is 1.45. The summed E-state index contributed by atoms with van der Waals surface area (Å²) in [4.78, 5) is 11.5. The lowest BCUT2D eigenvalue weighted by Gasteiger charge is -2.11. The summed E-state index contributed by atoms with van der Waals surface area (Å²) in [5.74, 6) is -0.893. The Morgan fingerprint density at radius 1 is 1.32 bits per heavy atom. The number of aromatic hydroxyl groups is 1. The standard InChI is InChI=1S/C15H16FNO2/c1-8(2)11-6-9-4-5-10(15(19)17-3)14(16)12(9)7-13(11)18/h4-8,18H,1-3H3,(H,17,19). The molecule has 0 heterocycles. The number of phenolic OH excluding ortho intramolecular Hbond substituents is 1. The Bertz CT molecular complexity index is 650. The maximum atomic E-state index is 14.2. The Morgan fingerprint density at radius 2 is 2.00 bits per heavy atom. The monoisotopic (exact) mass is 261 g/mol. The molecule has 2 rings (SSSR count). The maximum Gasteiger partial charge on any atom is 0.254 e. The minimum atomic E-state index is -0.609. The number of carbonyl (C=O) groups excluding carboxylic acids is 1. The van der Waals surface area contributed by atoms with Crippen LogP contribution in [0.5, 0.6) is 5.75 Å². The van der Waals surface area contributed by atoms with E-state index in [-0.39, 0.29) is 22.6 Å². The second-order valence-corrected chi connectivity index (χ2v) is 4.79. The van der Waals surface area contributed by atoms with Crippen LogP contribution in [0.1, 0.15) is 35.7 Å². The highest BCUT2D eigenvalue weighted by Crippen LogP contribution is 2.32. The van der Waals surface area contributed by atoms with E-state index in [0.717, 1.165) is 5.56 Å². The van der Waals surface area contributed by atoms with Crippen molar-refractivity contribution in [3.63, 3.8) is 0 Å². The minimum absolute atomic E-state index is 0.0216. The molecule has 3 nitrogen and oxygen atoms in total.